The topological polar surface area (TPSA) is 20.3 Å². The lowest BCUT2D eigenvalue weighted by molar-refractivity contribution is 0.103. The predicted octanol–water partition coefficient (Wildman–Crippen LogP) is 3.81. The van der Waals surface area contributed by atoms with Crippen molar-refractivity contribution < 1.29 is 9.18 Å². The van der Waals surface area contributed by atoms with Gasteiger partial charge in [0.15, 0.2) is 5.78 Å². The van der Waals surface area contributed by atoms with E-state index in [2.05, 4.69) is 16.7 Å². The van der Waals surface area contributed by atoms with Crippen molar-refractivity contribution in [1.82, 2.24) is 4.90 Å². The molecule has 0 saturated carbocycles. The normalized spacial score (nSPS) is 14.2. The molecule has 24 heavy (non-hydrogen) atoms. The van der Waals surface area contributed by atoms with Crippen LogP contribution < -0.4 is 0 Å². The summed E-state index contributed by atoms with van der Waals surface area (Å²) in [6, 6.07) is 11.8. The maximum atomic E-state index is 14.2. The van der Waals surface area contributed by atoms with Crippen LogP contribution in [0.15, 0.2) is 42.5 Å². The van der Waals surface area contributed by atoms with Crippen LogP contribution in [0.1, 0.15) is 39.9 Å². The van der Waals surface area contributed by atoms with Gasteiger partial charge in [-0.2, -0.15) is 0 Å². The van der Waals surface area contributed by atoms with Gasteiger partial charge in [0.2, 0.25) is 0 Å². The largest absolute Gasteiger partial charge is 0.292 e. The third kappa shape index (κ3) is 3.90. The quantitative estimate of drug-likeness (QED) is 0.633. The molecule has 0 unspecified atom stereocenters. The van der Waals surface area contributed by atoms with E-state index < -0.39 is 5.82 Å². The molecule has 2 aromatic rings. The molecule has 0 aliphatic carbocycles. The number of benzene rings is 2. The third-order valence-corrected chi connectivity index (χ3v) is 4.27. The summed E-state index contributed by atoms with van der Waals surface area (Å²) < 4.78 is 14.2. The average Bonchev–Trinajstić information content (AvgIpc) is 3.10. The van der Waals surface area contributed by atoms with Gasteiger partial charge >= 0.3 is 0 Å². The van der Waals surface area contributed by atoms with Crippen molar-refractivity contribution in [3.8, 4) is 11.8 Å². The first-order valence-corrected chi connectivity index (χ1v) is 8.25. The number of hydrogen-bond donors (Lipinski definition) is 0. The Morgan fingerprint density at radius 1 is 1.08 bits per heavy atom. The summed E-state index contributed by atoms with van der Waals surface area (Å²) in [4.78, 5) is 14.7. The lowest BCUT2D eigenvalue weighted by atomic mass is 10.0. The molecule has 3 rings (SSSR count). The number of halogens is 1. The number of rotatable bonds is 3. The molecular weight excluding hydrogens is 301 g/mol. The van der Waals surface area contributed by atoms with Crippen molar-refractivity contribution >= 4 is 5.78 Å². The van der Waals surface area contributed by atoms with E-state index in [1.807, 2.05) is 19.1 Å². The van der Waals surface area contributed by atoms with Crippen molar-refractivity contribution in [2.75, 3.05) is 19.6 Å². The molecule has 3 heteroatoms. The van der Waals surface area contributed by atoms with Gasteiger partial charge in [0.1, 0.15) is 5.82 Å². The number of carbonyl (C=O) groups is 1. The summed E-state index contributed by atoms with van der Waals surface area (Å²) in [5.74, 6) is 5.28. The standard InChI is InChI=1S/C21H20FNO/c1-16-6-8-18(9-7-16)21(24)19-11-10-17(20(22)15-19)5-4-14-23-12-2-3-13-23/h6-11,15H,2-3,12-14H2,1H3. The molecule has 0 aromatic heterocycles. The molecule has 0 N–H and O–H groups in total. The SMILES string of the molecule is Cc1ccc(C(=O)c2ccc(C#CCN3CCCC3)c(F)c2)cc1. The van der Waals surface area contributed by atoms with Gasteiger partial charge in [0, 0.05) is 11.1 Å². The van der Waals surface area contributed by atoms with E-state index in [-0.39, 0.29) is 5.78 Å². The highest BCUT2D eigenvalue weighted by molar-refractivity contribution is 6.09. The minimum atomic E-state index is -0.443. The minimum absolute atomic E-state index is 0.175. The van der Waals surface area contributed by atoms with E-state index in [4.69, 9.17) is 0 Å². The Morgan fingerprint density at radius 2 is 1.75 bits per heavy atom. The van der Waals surface area contributed by atoms with Gasteiger partial charge in [0.25, 0.3) is 0 Å². The third-order valence-electron chi connectivity index (χ3n) is 4.27. The smallest absolute Gasteiger partial charge is 0.193 e. The summed E-state index contributed by atoms with van der Waals surface area (Å²) in [6.07, 6.45) is 2.43. The second-order valence-electron chi connectivity index (χ2n) is 6.17. The van der Waals surface area contributed by atoms with E-state index in [0.717, 1.165) is 18.7 Å². The van der Waals surface area contributed by atoms with E-state index in [1.54, 1.807) is 24.3 Å². The predicted molar refractivity (Wildman–Crippen MR) is 93.6 cm³/mol. The van der Waals surface area contributed by atoms with Crippen LogP contribution in [0.4, 0.5) is 4.39 Å². The molecule has 0 amide bonds. The van der Waals surface area contributed by atoms with Gasteiger partial charge in [-0.25, -0.2) is 4.39 Å². The number of ketones is 1. The first-order valence-electron chi connectivity index (χ1n) is 8.25. The first-order chi connectivity index (χ1) is 11.6. The lowest BCUT2D eigenvalue weighted by Crippen LogP contribution is -2.19. The second-order valence-corrected chi connectivity index (χ2v) is 6.17. The van der Waals surface area contributed by atoms with Crippen molar-refractivity contribution in [3.63, 3.8) is 0 Å². The minimum Gasteiger partial charge on any atom is -0.292 e. The summed E-state index contributed by atoms with van der Waals surface area (Å²) in [7, 11) is 0. The fourth-order valence-corrected chi connectivity index (χ4v) is 2.82. The van der Waals surface area contributed by atoms with Crippen LogP contribution in [0.25, 0.3) is 0 Å². The Morgan fingerprint density at radius 3 is 2.42 bits per heavy atom. The molecule has 2 nitrogen and oxygen atoms in total. The van der Waals surface area contributed by atoms with Crippen LogP contribution in [-0.4, -0.2) is 30.3 Å². The molecule has 122 valence electrons. The number of likely N-dealkylation sites (tertiary alicyclic amines) is 1. The van der Waals surface area contributed by atoms with Gasteiger partial charge in [0.05, 0.1) is 12.1 Å². The summed E-state index contributed by atoms with van der Waals surface area (Å²) in [5, 5.41) is 0. The maximum absolute atomic E-state index is 14.2. The first kappa shape index (κ1) is 16.4. The van der Waals surface area contributed by atoms with Gasteiger partial charge in [-0.05, 0) is 51.1 Å². The van der Waals surface area contributed by atoms with E-state index >= 15 is 0 Å². The highest BCUT2D eigenvalue weighted by Gasteiger charge is 2.12. The molecule has 0 bridgehead atoms. The molecule has 1 aliphatic heterocycles. The zero-order valence-electron chi connectivity index (χ0n) is 13.8. The van der Waals surface area contributed by atoms with Gasteiger partial charge in [-0.3, -0.25) is 9.69 Å². The molecule has 0 spiro atoms. The van der Waals surface area contributed by atoms with Crippen molar-refractivity contribution in [2.24, 2.45) is 0 Å². The zero-order valence-corrected chi connectivity index (χ0v) is 13.8. The lowest BCUT2D eigenvalue weighted by Gasteiger charge is -2.08. The number of aryl methyl sites for hydroxylation is 1. The van der Waals surface area contributed by atoms with Crippen LogP contribution >= 0.6 is 0 Å². The van der Waals surface area contributed by atoms with E-state index in [0.29, 0.717) is 23.2 Å². The van der Waals surface area contributed by atoms with Gasteiger partial charge in [-0.1, -0.05) is 41.7 Å². The van der Waals surface area contributed by atoms with Crippen molar-refractivity contribution in [1.29, 1.82) is 0 Å². The summed E-state index contributed by atoms with van der Waals surface area (Å²) in [5.41, 5.74) is 2.34. The number of carbonyl (C=O) groups excluding carboxylic acids is 1. The van der Waals surface area contributed by atoms with Crippen LogP contribution in [-0.2, 0) is 0 Å². The van der Waals surface area contributed by atoms with Gasteiger partial charge < -0.3 is 0 Å². The monoisotopic (exact) mass is 321 g/mol. The molecule has 1 fully saturated rings. The molecule has 0 atom stereocenters. The fourth-order valence-electron chi connectivity index (χ4n) is 2.82. The van der Waals surface area contributed by atoms with Crippen molar-refractivity contribution in [2.45, 2.75) is 19.8 Å². The molecule has 2 aromatic carbocycles. The molecule has 1 aliphatic rings. The van der Waals surface area contributed by atoms with Crippen molar-refractivity contribution in [3.05, 3.63) is 70.5 Å². The highest BCUT2D eigenvalue weighted by Crippen LogP contribution is 2.15. The Kier molecular flexibility index (Phi) is 5.08. The Bertz CT molecular complexity index is 793. The second kappa shape index (κ2) is 7.42. The van der Waals surface area contributed by atoms with Crippen LogP contribution in [0.5, 0.6) is 0 Å². The van der Waals surface area contributed by atoms with E-state index in [1.165, 1.54) is 18.9 Å². The van der Waals surface area contributed by atoms with E-state index in [9.17, 15) is 9.18 Å². The van der Waals surface area contributed by atoms with Crippen LogP contribution in [0.2, 0.25) is 0 Å². The maximum Gasteiger partial charge on any atom is 0.193 e. The summed E-state index contributed by atoms with van der Waals surface area (Å²) >= 11 is 0. The van der Waals surface area contributed by atoms with Crippen LogP contribution in [0.3, 0.4) is 0 Å². The average molecular weight is 321 g/mol. The molecule has 0 radical (unpaired) electrons. The Balaban J connectivity index is 1.73. The fraction of sp³-hybridized carbons (Fsp3) is 0.286. The Labute approximate surface area is 142 Å². The van der Waals surface area contributed by atoms with Crippen LogP contribution in [0, 0.1) is 24.6 Å². The summed E-state index contributed by atoms with van der Waals surface area (Å²) in [6.45, 7) is 4.77. The highest BCUT2D eigenvalue weighted by atomic mass is 19.1. The Hall–Kier alpha value is -2.44. The number of nitrogens with zero attached hydrogens (tertiary/aromatic N) is 1. The zero-order chi connectivity index (χ0) is 16.9. The molecule has 1 saturated heterocycles. The van der Waals surface area contributed by atoms with Gasteiger partial charge in [-0.15, -0.1) is 0 Å². The number of hydrogen-bond acceptors (Lipinski definition) is 2. The molecular formula is C21H20FNO. The molecule has 1 heterocycles.